The lowest BCUT2D eigenvalue weighted by atomic mass is 9.93. The van der Waals surface area contributed by atoms with Gasteiger partial charge in [0, 0.05) is 44.3 Å². The van der Waals surface area contributed by atoms with Gasteiger partial charge in [0.2, 0.25) is 11.8 Å². The van der Waals surface area contributed by atoms with Gasteiger partial charge in [0.25, 0.3) is 0 Å². The van der Waals surface area contributed by atoms with Gasteiger partial charge in [-0.15, -0.1) is 12.8 Å². The summed E-state index contributed by atoms with van der Waals surface area (Å²) in [5, 5.41) is 0. The summed E-state index contributed by atoms with van der Waals surface area (Å²) >= 11 is 0. The summed E-state index contributed by atoms with van der Waals surface area (Å²) in [5.74, 6) is 1.85. The van der Waals surface area contributed by atoms with Crippen molar-refractivity contribution in [3.8, 4) is 18.6 Å². The van der Waals surface area contributed by atoms with E-state index in [1.54, 1.807) is 0 Å². The van der Waals surface area contributed by atoms with Gasteiger partial charge in [-0.2, -0.15) is 0 Å². The monoisotopic (exact) mass is 543 g/mol. The fourth-order valence-corrected chi connectivity index (χ4v) is 6.35. The SMILES string of the molecule is C#C.CCCCN(CCCC)C(=O)CN1CC(c2ccc3c(c2)CCO3)CC1CCN1C(=O)Cc2ccccc21. The maximum absolute atomic E-state index is 13.5. The van der Waals surface area contributed by atoms with Gasteiger partial charge in [-0.3, -0.25) is 14.5 Å². The van der Waals surface area contributed by atoms with Crippen molar-refractivity contribution in [2.75, 3.05) is 44.2 Å². The molecule has 2 atom stereocenters. The van der Waals surface area contributed by atoms with Crippen molar-refractivity contribution in [1.82, 2.24) is 9.80 Å². The number of hydrogen-bond donors (Lipinski definition) is 0. The predicted molar refractivity (Wildman–Crippen MR) is 162 cm³/mol. The van der Waals surface area contributed by atoms with Crippen molar-refractivity contribution in [2.45, 2.75) is 77.2 Å². The van der Waals surface area contributed by atoms with E-state index in [9.17, 15) is 9.59 Å². The zero-order valence-electron chi connectivity index (χ0n) is 24.3. The number of unbranched alkanes of at least 4 members (excludes halogenated alkanes) is 2. The second-order valence-corrected chi connectivity index (χ2v) is 11.2. The van der Waals surface area contributed by atoms with Gasteiger partial charge in [0.15, 0.2) is 0 Å². The number of rotatable bonds is 12. The lowest BCUT2D eigenvalue weighted by Crippen LogP contribution is -2.44. The Kier molecular flexibility index (Phi) is 10.7. The van der Waals surface area contributed by atoms with Crippen molar-refractivity contribution < 1.29 is 14.3 Å². The van der Waals surface area contributed by atoms with Crippen LogP contribution in [0.15, 0.2) is 42.5 Å². The molecular formula is C34H45N3O3. The highest BCUT2D eigenvalue weighted by molar-refractivity contribution is 6.01. The summed E-state index contributed by atoms with van der Waals surface area (Å²) in [6.45, 7) is 8.88. The minimum atomic E-state index is 0.187. The van der Waals surface area contributed by atoms with E-state index in [1.165, 1.54) is 11.1 Å². The molecule has 3 aliphatic rings. The molecule has 1 saturated heterocycles. The molecule has 0 radical (unpaired) electrons. The third kappa shape index (κ3) is 6.88. The van der Waals surface area contributed by atoms with Crippen LogP contribution in [0.25, 0.3) is 0 Å². The molecule has 2 aromatic carbocycles. The summed E-state index contributed by atoms with van der Waals surface area (Å²) in [7, 11) is 0. The van der Waals surface area contributed by atoms with Gasteiger partial charge in [-0.1, -0.05) is 57.0 Å². The number of terminal acetylenes is 1. The van der Waals surface area contributed by atoms with Crippen LogP contribution in [0.4, 0.5) is 5.69 Å². The smallest absolute Gasteiger partial charge is 0.236 e. The number of benzene rings is 2. The molecule has 3 aliphatic heterocycles. The van der Waals surface area contributed by atoms with Crippen LogP contribution in [0.2, 0.25) is 0 Å². The van der Waals surface area contributed by atoms with Gasteiger partial charge in [0.05, 0.1) is 19.6 Å². The van der Waals surface area contributed by atoms with Crippen LogP contribution in [-0.2, 0) is 22.4 Å². The molecule has 2 aromatic rings. The largest absolute Gasteiger partial charge is 0.493 e. The fraction of sp³-hybridized carbons (Fsp3) is 0.529. The van der Waals surface area contributed by atoms with E-state index < -0.39 is 0 Å². The minimum Gasteiger partial charge on any atom is -0.493 e. The first-order chi connectivity index (χ1) is 19.6. The van der Waals surface area contributed by atoms with E-state index in [0.29, 0.717) is 25.4 Å². The maximum atomic E-state index is 13.5. The van der Waals surface area contributed by atoms with Crippen LogP contribution in [0.5, 0.6) is 5.75 Å². The summed E-state index contributed by atoms with van der Waals surface area (Å²) in [5.41, 5.74) is 4.83. The Morgan fingerprint density at radius 3 is 2.55 bits per heavy atom. The Morgan fingerprint density at radius 1 is 1.05 bits per heavy atom. The first kappa shape index (κ1) is 29.7. The number of carbonyl (C=O) groups excluding carboxylic acids is 2. The number of carbonyl (C=O) groups is 2. The molecule has 214 valence electrons. The molecule has 2 amide bonds. The molecule has 0 aliphatic carbocycles. The van der Waals surface area contributed by atoms with Crippen molar-refractivity contribution >= 4 is 17.5 Å². The van der Waals surface area contributed by atoms with Crippen LogP contribution in [-0.4, -0.2) is 67.0 Å². The molecule has 1 fully saturated rings. The first-order valence-electron chi connectivity index (χ1n) is 15.1. The molecule has 3 heterocycles. The molecular weight excluding hydrogens is 498 g/mol. The second kappa shape index (κ2) is 14.4. The topological polar surface area (TPSA) is 53.1 Å². The predicted octanol–water partition coefficient (Wildman–Crippen LogP) is 5.44. The van der Waals surface area contributed by atoms with Crippen LogP contribution in [0, 0.1) is 12.8 Å². The third-order valence-corrected chi connectivity index (χ3v) is 8.58. The molecule has 5 rings (SSSR count). The fourth-order valence-electron chi connectivity index (χ4n) is 6.35. The van der Waals surface area contributed by atoms with Gasteiger partial charge in [-0.25, -0.2) is 0 Å². The molecule has 0 aromatic heterocycles. The van der Waals surface area contributed by atoms with Crippen molar-refractivity contribution in [3.05, 3.63) is 59.2 Å². The van der Waals surface area contributed by atoms with E-state index in [1.807, 2.05) is 17.0 Å². The number of ether oxygens (including phenoxy) is 1. The number of amides is 2. The standard InChI is InChI=1S/C32H43N3O3.C2H2/c1-3-5-15-33(16-6-4-2)32(37)23-34-22-27(24-11-12-30-26(19-24)14-18-38-30)20-28(34)13-17-35-29-10-8-7-9-25(29)21-31(35)36;1-2/h7-12,19,27-28H,3-6,13-18,20-23H2,1-2H3;1-2H. The van der Waals surface area contributed by atoms with Gasteiger partial charge >= 0.3 is 0 Å². The van der Waals surface area contributed by atoms with Gasteiger partial charge in [-0.05, 0) is 60.4 Å². The zero-order valence-corrected chi connectivity index (χ0v) is 24.3. The number of fused-ring (bicyclic) bond motifs is 2. The molecule has 6 heteroatoms. The second-order valence-electron chi connectivity index (χ2n) is 11.2. The van der Waals surface area contributed by atoms with Crippen LogP contribution in [0.1, 0.15) is 75.0 Å². The zero-order chi connectivity index (χ0) is 28.5. The van der Waals surface area contributed by atoms with E-state index in [0.717, 1.165) is 88.2 Å². The Hall–Kier alpha value is -3.30. The lowest BCUT2D eigenvalue weighted by molar-refractivity contribution is -0.133. The Balaban J connectivity index is 0.00000181. The normalized spacial score (nSPS) is 19.5. The highest BCUT2D eigenvalue weighted by Gasteiger charge is 2.36. The number of hydrogen-bond acceptors (Lipinski definition) is 4. The number of nitrogens with zero attached hydrogens (tertiary/aromatic N) is 3. The van der Waals surface area contributed by atoms with Crippen molar-refractivity contribution in [3.63, 3.8) is 0 Å². The minimum absolute atomic E-state index is 0.187. The molecule has 0 saturated carbocycles. The highest BCUT2D eigenvalue weighted by atomic mass is 16.5. The number of likely N-dealkylation sites (tertiary alicyclic amines) is 1. The van der Waals surface area contributed by atoms with Gasteiger partial charge in [0.1, 0.15) is 5.75 Å². The first-order valence-corrected chi connectivity index (χ1v) is 15.1. The number of anilines is 1. The average molecular weight is 544 g/mol. The van der Waals surface area contributed by atoms with Crippen LogP contribution in [0.3, 0.4) is 0 Å². The van der Waals surface area contributed by atoms with E-state index >= 15 is 0 Å². The molecule has 6 nitrogen and oxygen atoms in total. The highest BCUT2D eigenvalue weighted by Crippen LogP contribution is 2.37. The maximum Gasteiger partial charge on any atom is 0.236 e. The summed E-state index contributed by atoms with van der Waals surface area (Å²) in [4.78, 5) is 32.8. The number of para-hydroxylation sites is 1. The quantitative estimate of drug-likeness (QED) is 0.335. The Morgan fingerprint density at radius 2 is 1.80 bits per heavy atom. The average Bonchev–Trinajstić information content (AvgIpc) is 3.69. The molecule has 0 spiro atoms. The molecule has 2 unspecified atom stereocenters. The third-order valence-electron chi connectivity index (χ3n) is 8.58. The summed E-state index contributed by atoms with van der Waals surface area (Å²) < 4.78 is 5.74. The van der Waals surface area contributed by atoms with Crippen molar-refractivity contribution in [2.24, 2.45) is 0 Å². The molecule has 0 N–H and O–H groups in total. The Labute approximate surface area is 240 Å². The van der Waals surface area contributed by atoms with E-state index in [4.69, 9.17) is 4.74 Å². The molecule has 40 heavy (non-hydrogen) atoms. The molecule has 0 bridgehead atoms. The van der Waals surface area contributed by atoms with E-state index in [2.05, 4.69) is 66.8 Å². The van der Waals surface area contributed by atoms with Crippen molar-refractivity contribution in [1.29, 1.82) is 0 Å². The lowest BCUT2D eigenvalue weighted by Gasteiger charge is -2.29. The van der Waals surface area contributed by atoms with Crippen LogP contribution >= 0.6 is 0 Å². The van der Waals surface area contributed by atoms with E-state index in [-0.39, 0.29) is 17.9 Å². The van der Waals surface area contributed by atoms with Crippen LogP contribution < -0.4 is 9.64 Å². The summed E-state index contributed by atoms with van der Waals surface area (Å²) in [6.07, 6.45) is 15.6. The van der Waals surface area contributed by atoms with Gasteiger partial charge < -0.3 is 14.5 Å². The summed E-state index contributed by atoms with van der Waals surface area (Å²) in [6, 6.07) is 15.1. The Bertz CT molecular complexity index is 1170.